The largest absolute Gasteiger partial charge is 1.00 e. The standard InChI is InChI=1S/C18H40P.BrH/c1-5-9-11-13-15-17-19(7-3,8-4)18-16-14-12-10-6-2;/h5-18H2,1-4H3;1H/q+1;/p-1. The third kappa shape index (κ3) is 11.6. The molecule has 2 heteroatoms. The highest BCUT2D eigenvalue weighted by atomic mass is 79.9. The van der Waals surface area contributed by atoms with E-state index in [1.54, 1.807) is 12.3 Å². The van der Waals surface area contributed by atoms with Crippen molar-refractivity contribution in [2.45, 2.75) is 91.9 Å². The van der Waals surface area contributed by atoms with E-state index in [1.807, 2.05) is 0 Å². The lowest BCUT2D eigenvalue weighted by Crippen LogP contribution is -3.00. The Bertz CT molecular complexity index is 162. The predicted molar refractivity (Wildman–Crippen MR) is 95.3 cm³/mol. The summed E-state index contributed by atoms with van der Waals surface area (Å²) < 4.78 is 0. The molecule has 0 unspecified atom stereocenters. The summed E-state index contributed by atoms with van der Waals surface area (Å²) in [5.41, 5.74) is 0. The molecule has 0 aromatic carbocycles. The van der Waals surface area contributed by atoms with Crippen molar-refractivity contribution < 1.29 is 17.0 Å². The summed E-state index contributed by atoms with van der Waals surface area (Å²) in [6, 6.07) is 0. The Balaban J connectivity index is 0. The van der Waals surface area contributed by atoms with Crippen molar-refractivity contribution in [1.82, 2.24) is 0 Å². The molecule has 0 spiro atoms. The van der Waals surface area contributed by atoms with Gasteiger partial charge in [-0.05, 0) is 39.5 Å². The minimum atomic E-state index is -0.555. The second kappa shape index (κ2) is 16.3. The van der Waals surface area contributed by atoms with Gasteiger partial charge in [-0.2, -0.15) is 0 Å². The third-order valence-electron chi connectivity index (χ3n) is 4.81. The minimum absolute atomic E-state index is 0. The van der Waals surface area contributed by atoms with Gasteiger partial charge in [0, 0.05) is 7.26 Å². The van der Waals surface area contributed by atoms with Crippen LogP contribution < -0.4 is 17.0 Å². The van der Waals surface area contributed by atoms with Gasteiger partial charge < -0.3 is 17.0 Å². The molecule has 124 valence electrons. The van der Waals surface area contributed by atoms with E-state index in [1.165, 1.54) is 76.5 Å². The molecule has 0 atom stereocenters. The van der Waals surface area contributed by atoms with Gasteiger partial charge in [-0.25, -0.2) is 0 Å². The Hall–Kier alpha value is 0.910. The Labute approximate surface area is 141 Å². The normalized spacial score (nSPS) is 11.4. The summed E-state index contributed by atoms with van der Waals surface area (Å²) in [6.45, 7) is 9.56. The van der Waals surface area contributed by atoms with Gasteiger partial charge >= 0.3 is 0 Å². The lowest BCUT2D eigenvalue weighted by atomic mass is 10.2. The first-order chi connectivity index (χ1) is 9.24. The Morgan fingerprint density at radius 1 is 0.500 bits per heavy atom. The smallest absolute Gasteiger partial charge is 0.0594 e. The summed E-state index contributed by atoms with van der Waals surface area (Å²) in [5.74, 6) is 0. The van der Waals surface area contributed by atoms with E-state index in [2.05, 4.69) is 27.7 Å². The molecule has 0 amide bonds. The van der Waals surface area contributed by atoms with Crippen LogP contribution in [0.3, 0.4) is 0 Å². The molecule has 0 fully saturated rings. The molecule has 0 saturated carbocycles. The number of hydrogen-bond acceptors (Lipinski definition) is 0. The van der Waals surface area contributed by atoms with E-state index in [4.69, 9.17) is 0 Å². The van der Waals surface area contributed by atoms with Crippen molar-refractivity contribution in [2.24, 2.45) is 0 Å². The fourth-order valence-corrected chi connectivity index (χ4v) is 6.79. The van der Waals surface area contributed by atoms with Crippen LogP contribution >= 0.6 is 7.26 Å². The van der Waals surface area contributed by atoms with Crippen molar-refractivity contribution in [3.05, 3.63) is 0 Å². The van der Waals surface area contributed by atoms with E-state index in [9.17, 15) is 0 Å². The molecule has 0 rings (SSSR count). The summed E-state index contributed by atoms with van der Waals surface area (Å²) in [7, 11) is -0.555. The van der Waals surface area contributed by atoms with Gasteiger partial charge in [-0.15, -0.1) is 0 Å². The van der Waals surface area contributed by atoms with Gasteiger partial charge in [0.05, 0.1) is 24.6 Å². The fourth-order valence-electron chi connectivity index (χ4n) is 3.07. The van der Waals surface area contributed by atoms with Gasteiger partial charge in [0.1, 0.15) is 0 Å². The summed E-state index contributed by atoms with van der Waals surface area (Å²) in [6.07, 6.45) is 20.8. The Morgan fingerprint density at radius 3 is 1.15 bits per heavy atom. The third-order valence-corrected chi connectivity index (χ3v) is 10.0. The second-order valence-electron chi connectivity index (χ2n) is 6.25. The quantitative estimate of drug-likeness (QED) is 0.322. The summed E-state index contributed by atoms with van der Waals surface area (Å²) >= 11 is 0. The van der Waals surface area contributed by atoms with E-state index in [-0.39, 0.29) is 17.0 Å². The second-order valence-corrected chi connectivity index (χ2v) is 11.1. The van der Waals surface area contributed by atoms with Crippen molar-refractivity contribution in [2.75, 3.05) is 24.6 Å². The lowest BCUT2D eigenvalue weighted by Gasteiger charge is -2.25. The molecule has 0 N–H and O–H groups in total. The number of rotatable bonds is 14. The minimum Gasteiger partial charge on any atom is -1.00 e. The molecule has 0 heterocycles. The molecule has 0 aliphatic carbocycles. The van der Waals surface area contributed by atoms with Gasteiger partial charge in [-0.3, -0.25) is 0 Å². The van der Waals surface area contributed by atoms with Crippen LogP contribution in [0.25, 0.3) is 0 Å². The summed E-state index contributed by atoms with van der Waals surface area (Å²) in [4.78, 5) is 0. The van der Waals surface area contributed by atoms with Gasteiger partial charge in [0.2, 0.25) is 0 Å². The molecule has 0 aromatic rings. The Kier molecular flexibility index (Phi) is 18.9. The van der Waals surface area contributed by atoms with Crippen LogP contribution in [0.5, 0.6) is 0 Å². The maximum Gasteiger partial charge on any atom is 0.0594 e. The van der Waals surface area contributed by atoms with Crippen molar-refractivity contribution in [1.29, 1.82) is 0 Å². The molecule has 0 aromatic heterocycles. The van der Waals surface area contributed by atoms with Crippen molar-refractivity contribution in [3.8, 4) is 0 Å². The topological polar surface area (TPSA) is 0 Å². The summed E-state index contributed by atoms with van der Waals surface area (Å²) in [5, 5.41) is 0. The first-order valence-electron chi connectivity index (χ1n) is 9.09. The van der Waals surface area contributed by atoms with E-state index >= 15 is 0 Å². The van der Waals surface area contributed by atoms with Crippen LogP contribution in [0, 0.1) is 0 Å². The first-order valence-corrected chi connectivity index (χ1v) is 11.6. The van der Waals surface area contributed by atoms with Gasteiger partial charge in [0.25, 0.3) is 0 Å². The predicted octanol–water partition coefficient (Wildman–Crippen LogP) is 3.99. The highest BCUT2D eigenvalue weighted by Gasteiger charge is 2.31. The molecule has 0 aliphatic rings. The molecule has 0 radical (unpaired) electrons. The van der Waals surface area contributed by atoms with Crippen molar-refractivity contribution in [3.63, 3.8) is 0 Å². The van der Waals surface area contributed by atoms with Crippen molar-refractivity contribution >= 4 is 7.26 Å². The fraction of sp³-hybridized carbons (Fsp3) is 1.00. The number of unbranched alkanes of at least 4 members (excludes halogenated alkanes) is 8. The number of hydrogen-bond donors (Lipinski definition) is 0. The zero-order valence-corrected chi connectivity index (χ0v) is 17.2. The SMILES string of the molecule is CCCCCCC[P+](CC)(CC)CCCCCCC.[Br-]. The van der Waals surface area contributed by atoms with Crippen LogP contribution in [-0.2, 0) is 0 Å². The Morgan fingerprint density at radius 2 is 0.850 bits per heavy atom. The van der Waals surface area contributed by atoms with E-state index in [0.29, 0.717) is 0 Å². The van der Waals surface area contributed by atoms with Gasteiger partial charge in [0.15, 0.2) is 0 Å². The molecule has 0 saturated heterocycles. The van der Waals surface area contributed by atoms with Crippen LogP contribution in [0.15, 0.2) is 0 Å². The van der Waals surface area contributed by atoms with Crippen LogP contribution in [0.2, 0.25) is 0 Å². The maximum absolute atomic E-state index is 2.47. The lowest BCUT2D eigenvalue weighted by molar-refractivity contribution is -0.00000445. The first kappa shape index (κ1) is 23.2. The van der Waals surface area contributed by atoms with Crippen LogP contribution in [0.1, 0.15) is 91.9 Å². The van der Waals surface area contributed by atoms with Crippen LogP contribution in [-0.4, -0.2) is 24.6 Å². The highest BCUT2D eigenvalue weighted by Crippen LogP contribution is 2.59. The average molecular weight is 367 g/mol. The molecular formula is C18H40BrP. The average Bonchev–Trinajstić information content (AvgIpc) is 2.45. The zero-order chi connectivity index (χ0) is 14.4. The molecule has 0 nitrogen and oxygen atoms in total. The highest BCUT2D eigenvalue weighted by molar-refractivity contribution is 7.75. The molecule has 0 aliphatic heterocycles. The molecule has 0 bridgehead atoms. The molecule has 20 heavy (non-hydrogen) atoms. The maximum atomic E-state index is 2.47. The van der Waals surface area contributed by atoms with Crippen LogP contribution in [0.4, 0.5) is 0 Å². The molecular weight excluding hydrogens is 327 g/mol. The number of halogens is 1. The van der Waals surface area contributed by atoms with Gasteiger partial charge in [-0.1, -0.05) is 52.4 Å². The van der Waals surface area contributed by atoms with E-state index < -0.39 is 7.26 Å². The van der Waals surface area contributed by atoms with E-state index in [0.717, 1.165) is 0 Å². The monoisotopic (exact) mass is 366 g/mol. The zero-order valence-electron chi connectivity index (χ0n) is 14.7.